The zero-order chi connectivity index (χ0) is 19.6. The molecule has 27 heavy (non-hydrogen) atoms. The van der Waals surface area contributed by atoms with E-state index in [0.717, 1.165) is 12.0 Å². The number of rotatable bonds is 8. The molecule has 0 aliphatic heterocycles. The molecule has 0 fully saturated rings. The number of urea groups is 1. The van der Waals surface area contributed by atoms with Crippen molar-refractivity contribution in [3.63, 3.8) is 0 Å². The van der Waals surface area contributed by atoms with Crippen molar-refractivity contribution in [1.29, 1.82) is 0 Å². The number of benzene rings is 2. The molecule has 1 atom stereocenters. The van der Waals surface area contributed by atoms with E-state index in [0.29, 0.717) is 30.5 Å². The van der Waals surface area contributed by atoms with Crippen LogP contribution in [-0.4, -0.2) is 25.5 Å². The second kappa shape index (κ2) is 10.4. The fourth-order valence-electron chi connectivity index (χ4n) is 2.90. The van der Waals surface area contributed by atoms with Gasteiger partial charge in [-0.15, -0.1) is 0 Å². The average Bonchev–Trinajstić information content (AvgIpc) is 2.69. The zero-order valence-corrected chi connectivity index (χ0v) is 16.3. The Balaban J connectivity index is 1.83. The van der Waals surface area contributed by atoms with Gasteiger partial charge in [0.1, 0.15) is 0 Å². The number of carbonyl (C=O) groups excluding carboxylic acids is 2. The average molecular weight is 367 g/mol. The highest BCUT2D eigenvalue weighted by Crippen LogP contribution is 2.16. The van der Waals surface area contributed by atoms with Crippen molar-refractivity contribution in [3.05, 3.63) is 71.3 Å². The van der Waals surface area contributed by atoms with Crippen molar-refractivity contribution in [3.8, 4) is 0 Å². The van der Waals surface area contributed by atoms with Crippen molar-refractivity contribution < 1.29 is 9.59 Å². The van der Waals surface area contributed by atoms with Crippen LogP contribution in [0.2, 0.25) is 0 Å². The predicted octanol–water partition coefficient (Wildman–Crippen LogP) is 3.36. The number of hydrogen-bond acceptors (Lipinski definition) is 2. The Morgan fingerprint density at radius 2 is 1.63 bits per heavy atom. The minimum Gasteiger partial charge on any atom is -0.355 e. The number of carbonyl (C=O) groups is 2. The van der Waals surface area contributed by atoms with Crippen LogP contribution in [0.5, 0.6) is 0 Å². The van der Waals surface area contributed by atoms with Crippen LogP contribution in [0.15, 0.2) is 54.6 Å². The molecule has 0 aromatic heterocycles. The Morgan fingerprint density at radius 1 is 0.926 bits per heavy atom. The van der Waals surface area contributed by atoms with Crippen molar-refractivity contribution in [2.45, 2.75) is 26.8 Å². The Morgan fingerprint density at radius 3 is 2.30 bits per heavy atom. The first-order chi connectivity index (χ1) is 13.0. The maximum Gasteiger partial charge on any atom is 0.315 e. The molecule has 2 aromatic rings. The molecule has 3 amide bonds. The molecule has 5 heteroatoms. The third kappa shape index (κ3) is 6.77. The molecule has 0 heterocycles. The van der Waals surface area contributed by atoms with E-state index in [4.69, 9.17) is 0 Å². The fraction of sp³-hybridized carbons (Fsp3) is 0.364. The van der Waals surface area contributed by atoms with E-state index in [1.165, 1.54) is 5.56 Å². The van der Waals surface area contributed by atoms with Gasteiger partial charge in [0.2, 0.25) is 0 Å². The first-order valence-electron chi connectivity index (χ1n) is 9.36. The van der Waals surface area contributed by atoms with Crippen LogP contribution in [0.1, 0.15) is 35.3 Å². The van der Waals surface area contributed by atoms with Crippen molar-refractivity contribution >= 4 is 11.9 Å². The molecule has 2 aromatic carbocycles. The van der Waals surface area contributed by atoms with Crippen molar-refractivity contribution in [2.24, 2.45) is 11.8 Å². The van der Waals surface area contributed by atoms with Gasteiger partial charge < -0.3 is 16.0 Å². The van der Waals surface area contributed by atoms with Crippen LogP contribution in [0, 0.1) is 11.8 Å². The molecule has 0 radical (unpaired) electrons. The monoisotopic (exact) mass is 367 g/mol. The Hall–Kier alpha value is -2.82. The summed E-state index contributed by atoms with van der Waals surface area (Å²) in [5.41, 5.74) is 2.75. The molecule has 3 N–H and O–H groups in total. The lowest BCUT2D eigenvalue weighted by molar-refractivity contribution is 0.0963. The quantitative estimate of drug-likeness (QED) is 0.669. The topological polar surface area (TPSA) is 70.2 Å². The van der Waals surface area contributed by atoms with Crippen molar-refractivity contribution in [2.75, 3.05) is 13.6 Å². The lowest BCUT2D eigenvalue weighted by atomic mass is 9.89. The van der Waals surface area contributed by atoms with Gasteiger partial charge >= 0.3 is 6.03 Å². The van der Waals surface area contributed by atoms with Gasteiger partial charge in [0.15, 0.2) is 0 Å². The Kier molecular flexibility index (Phi) is 7.86. The second-order valence-corrected chi connectivity index (χ2v) is 7.04. The van der Waals surface area contributed by atoms with E-state index >= 15 is 0 Å². The summed E-state index contributed by atoms with van der Waals surface area (Å²) >= 11 is 0. The molecule has 0 aliphatic rings. The van der Waals surface area contributed by atoms with E-state index in [1.54, 1.807) is 19.2 Å². The van der Waals surface area contributed by atoms with E-state index < -0.39 is 0 Å². The molecule has 0 aliphatic carbocycles. The summed E-state index contributed by atoms with van der Waals surface area (Å²) in [6, 6.07) is 17.4. The van der Waals surface area contributed by atoms with Gasteiger partial charge in [0.05, 0.1) is 0 Å². The third-order valence-electron chi connectivity index (χ3n) is 4.68. The minimum atomic E-state index is -0.195. The number of hydrogen-bond donors (Lipinski definition) is 3. The summed E-state index contributed by atoms with van der Waals surface area (Å²) in [6.45, 7) is 5.35. The standard InChI is InChI=1S/C22H29N3O2/c1-16(2)20(12-17-8-5-4-6-9-17)15-25-22(27)24-14-18-10-7-11-19(13-18)21(26)23-3/h4-11,13,16,20H,12,14-15H2,1-3H3,(H,23,26)(H2,24,25,27)/t20-/m1/s1. The molecule has 0 saturated heterocycles. The summed E-state index contributed by atoms with van der Waals surface area (Å²) in [6.07, 6.45) is 0.937. The van der Waals surface area contributed by atoms with Gasteiger partial charge in [-0.05, 0) is 41.5 Å². The first-order valence-corrected chi connectivity index (χ1v) is 9.36. The molecule has 0 bridgehead atoms. The second-order valence-electron chi connectivity index (χ2n) is 7.04. The Bertz CT molecular complexity index is 744. The van der Waals surface area contributed by atoms with Gasteiger partial charge in [-0.1, -0.05) is 56.3 Å². The lowest BCUT2D eigenvalue weighted by Gasteiger charge is -2.21. The molecule has 0 spiro atoms. The van der Waals surface area contributed by atoms with Gasteiger partial charge in [-0.3, -0.25) is 4.79 Å². The van der Waals surface area contributed by atoms with Crippen molar-refractivity contribution in [1.82, 2.24) is 16.0 Å². The summed E-state index contributed by atoms with van der Waals surface area (Å²) in [5, 5.41) is 8.43. The number of nitrogens with one attached hydrogen (secondary N) is 3. The van der Waals surface area contributed by atoms with Crippen LogP contribution >= 0.6 is 0 Å². The highest BCUT2D eigenvalue weighted by Gasteiger charge is 2.15. The number of amides is 3. The smallest absolute Gasteiger partial charge is 0.315 e. The fourth-order valence-corrected chi connectivity index (χ4v) is 2.90. The SMILES string of the molecule is CNC(=O)c1cccc(CNC(=O)NC[C@@H](Cc2ccccc2)C(C)C)c1. The van der Waals surface area contributed by atoms with Gasteiger partial charge in [0, 0.05) is 25.7 Å². The molecule has 5 nitrogen and oxygen atoms in total. The Labute approximate surface area is 161 Å². The highest BCUT2D eigenvalue weighted by atomic mass is 16.2. The van der Waals surface area contributed by atoms with E-state index in [-0.39, 0.29) is 11.9 Å². The maximum atomic E-state index is 12.2. The lowest BCUT2D eigenvalue weighted by Crippen LogP contribution is -2.39. The van der Waals surface area contributed by atoms with Crippen LogP contribution in [0.3, 0.4) is 0 Å². The van der Waals surface area contributed by atoms with E-state index in [2.05, 4.69) is 41.9 Å². The molecular weight excluding hydrogens is 338 g/mol. The van der Waals surface area contributed by atoms with Crippen LogP contribution in [-0.2, 0) is 13.0 Å². The first kappa shape index (κ1) is 20.5. The molecule has 144 valence electrons. The van der Waals surface area contributed by atoms with E-state index in [1.807, 2.05) is 30.3 Å². The maximum absolute atomic E-state index is 12.2. The van der Waals surface area contributed by atoms with Crippen LogP contribution in [0.4, 0.5) is 4.79 Å². The van der Waals surface area contributed by atoms with Crippen LogP contribution < -0.4 is 16.0 Å². The molecule has 2 rings (SSSR count). The zero-order valence-electron chi connectivity index (χ0n) is 16.3. The predicted molar refractivity (Wildman–Crippen MR) is 109 cm³/mol. The van der Waals surface area contributed by atoms with Gasteiger partial charge in [-0.2, -0.15) is 0 Å². The minimum absolute atomic E-state index is 0.137. The highest BCUT2D eigenvalue weighted by molar-refractivity contribution is 5.94. The normalized spacial score (nSPS) is 11.7. The summed E-state index contributed by atoms with van der Waals surface area (Å²) in [5.74, 6) is 0.700. The molecular formula is C22H29N3O2. The van der Waals surface area contributed by atoms with Crippen LogP contribution in [0.25, 0.3) is 0 Å². The van der Waals surface area contributed by atoms with Gasteiger partial charge in [-0.25, -0.2) is 4.79 Å². The molecule has 0 saturated carbocycles. The van der Waals surface area contributed by atoms with Gasteiger partial charge in [0.25, 0.3) is 5.91 Å². The van der Waals surface area contributed by atoms with E-state index in [9.17, 15) is 9.59 Å². The summed E-state index contributed by atoms with van der Waals surface area (Å²) < 4.78 is 0. The third-order valence-corrected chi connectivity index (χ3v) is 4.68. The summed E-state index contributed by atoms with van der Waals surface area (Å²) in [7, 11) is 1.60. The summed E-state index contributed by atoms with van der Waals surface area (Å²) in [4.78, 5) is 23.9. The molecule has 0 unspecified atom stereocenters. The largest absolute Gasteiger partial charge is 0.355 e.